The molecule has 2 aliphatic heterocycles. The van der Waals surface area contributed by atoms with Crippen LogP contribution in [0.2, 0.25) is 0 Å². The molecule has 0 bridgehead atoms. The van der Waals surface area contributed by atoms with Gasteiger partial charge in [-0.15, -0.1) is 0 Å². The summed E-state index contributed by atoms with van der Waals surface area (Å²) in [5, 5.41) is 12.9. The molecule has 3 heterocycles. The quantitative estimate of drug-likeness (QED) is 0.882. The van der Waals surface area contributed by atoms with Gasteiger partial charge in [0, 0.05) is 38.9 Å². The van der Waals surface area contributed by atoms with Gasteiger partial charge in [-0.3, -0.25) is 0 Å². The Morgan fingerprint density at radius 1 is 1.28 bits per heavy atom. The van der Waals surface area contributed by atoms with Gasteiger partial charge in [0.1, 0.15) is 5.82 Å². The Morgan fingerprint density at radius 3 is 2.76 bits per heavy atom. The van der Waals surface area contributed by atoms with Crippen molar-refractivity contribution in [2.24, 2.45) is 5.92 Å². The highest BCUT2D eigenvalue weighted by Gasteiger charge is 2.27. The number of nitrogens with zero attached hydrogens (tertiary/aromatic N) is 3. The van der Waals surface area contributed by atoms with Gasteiger partial charge in [0.15, 0.2) is 0 Å². The van der Waals surface area contributed by atoms with Gasteiger partial charge in [0.2, 0.25) is 0 Å². The van der Waals surface area contributed by atoms with E-state index in [-0.39, 0.29) is 11.9 Å². The molecule has 0 aromatic carbocycles. The maximum absolute atomic E-state index is 12.3. The van der Waals surface area contributed by atoms with Gasteiger partial charge < -0.3 is 20.2 Å². The van der Waals surface area contributed by atoms with Crippen LogP contribution in [-0.4, -0.2) is 53.3 Å². The van der Waals surface area contributed by atoms with Gasteiger partial charge in [-0.05, 0) is 42.9 Å². The highest BCUT2D eigenvalue weighted by atomic mass is 16.3. The summed E-state index contributed by atoms with van der Waals surface area (Å²) >= 11 is 0. The standard InChI is InChI=1S/C19H30N4O2/c1-15-7-11-23(14-17(15)24)19(25)21-13-16-6-8-20-18(12-16)22-9-4-2-3-5-10-22/h6,8,12,15,17,24H,2-5,7,9-11,13-14H2,1H3,(H,21,25). The van der Waals surface area contributed by atoms with Gasteiger partial charge in [0.05, 0.1) is 6.10 Å². The number of aliphatic hydroxyl groups is 1. The zero-order chi connectivity index (χ0) is 17.6. The predicted octanol–water partition coefficient (Wildman–Crippen LogP) is 2.37. The average Bonchev–Trinajstić information content (AvgIpc) is 2.92. The van der Waals surface area contributed by atoms with Crippen LogP contribution in [0.4, 0.5) is 10.6 Å². The molecule has 0 radical (unpaired) electrons. The maximum atomic E-state index is 12.3. The largest absolute Gasteiger partial charge is 0.391 e. The Kier molecular flexibility index (Phi) is 6.13. The first kappa shape index (κ1) is 18.0. The van der Waals surface area contributed by atoms with Crippen LogP contribution >= 0.6 is 0 Å². The number of piperidine rings is 1. The molecule has 3 rings (SSSR count). The zero-order valence-electron chi connectivity index (χ0n) is 15.2. The minimum absolute atomic E-state index is 0.0981. The second-order valence-corrected chi connectivity index (χ2v) is 7.36. The molecule has 0 aliphatic carbocycles. The summed E-state index contributed by atoms with van der Waals surface area (Å²) in [6.45, 7) is 5.77. The molecule has 6 heteroatoms. The molecule has 2 fully saturated rings. The van der Waals surface area contributed by atoms with Crippen molar-refractivity contribution in [1.29, 1.82) is 0 Å². The third-order valence-electron chi connectivity index (χ3n) is 5.39. The first-order valence-electron chi connectivity index (χ1n) is 9.54. The smallest absolute Gasteiger partial charge is 0.317 e. The number of hydrogen-bond acceptors (Lipinski definition) is 4. The number of urea groups is 1. The number of carbonyl (C=O) groups is 1. The number of anilines is 1. The number of rotatable bonds is 3. The molecule has 25 heavy (non-hydrogen) atoms. The highest BCUT2D eigenvalue weighted by molar-refractivity contribution is 5.74. The van der Waals surface area contributed by atoms with Crippen LogP contribution < -0.4 is 10.2 Å². The van der Waals surface area contributed by atoms with Gasteiger partial charge in [0.25, 0.3) is 0 Å². The van der Waals surface area contributed by atoms with Crippen LogP contribution in [0.15, 0.2) is 18.3 Å². The number of amides is 2. The van der Waals surface area contributed by atoms with Gasteiger partial charge >= 0.3 is 6.03 Å². The molecule has 138 valence electrons. The Morgan fingerprint density at radius 2 is 2.04 bits per heavy atom. The fraction of sp³-hybridized carbons (Fsp3) is 0.684. The highest BCUT2D eigenvalue weighted by Crippen LogP contribution is 2.19. The molecule has 1 aromatic heterocycles. The van der Waals surface area contributed by atoms with E-state index in [4.69, 9.17) is 0 Å². The second-order valence-electron chi connectivity index (χ2n) is 7.36. The first-order chi connectivity index (χ1) is 12.1. The Hall–Kier alpha value is -1.82. The lowest BCUT2D eigenvalue weighted by atomic mass is 9.96. The summed E-state index contributed by atoms with van der Waals surface area (Å²) < 4.78 is 0. The van der Waals surface area contributed by atoms with E-state index in [1.54, 1.807) is 4.90 Å². The molecule has 2 saturated heterocycles. The van der Waals surface area contributed by atoms with Crippen LogP contribution in [0.5, 0.6) is 0 Å². The topological polar surface area (TPSA) is 68.7 Å². The second kappa shape index (κ2) is 8.52. The number of aliphatic hydroxyl groups excluding tert-OH is 1. The van der Waals surface area contributed by atoms with Crippen LogP contribution in [0.3, 0.4) is 0 Å². The number of β-amino-alcohol motifs (C(OH)–C–C–N with tert-alkyl or cyclic N) is 1. The molecule has 2 N–H and O–H groups in total. The van der Waals surface area contributed by atoms with Gasteiger partial charge in [-0.25, -0.2) is 9.78 Å². The fourth-order valence-electron chi connectivity index (χ4n) is 3.57. The summed E-state index contributed by atoms with van der Waals surface area (Å²) in [5.41, 5.74) is 1.06. The maximum Gasteiger partial charge on any atom is 0.317 e. The Balaban J connectivity index is 1.54. The van der Waals surface area contributed by atoms with Crippen molar-refractivity contribution in [1.82, 2.24) is 15.2 Å². The molecule has 1 aromatic rings. The SMILES string of the molecule is CC1CCN(C(=O)NCc2ccnc(N3CCCCCC3)c2)CC1O. The van der Waals surface area contributed by atoms with Crippen molar-refractivity contribution in [2.75, 3.05) is 31.1 Å². The van der Waals surface area contributed by atoms with E-state index >= 15 is 0 Å². The molecule has 2 atom stereocenters. The van der Waals surface area contributed by atoms with Crippen molar-refractivity contribution in [3.8, 4) is 0 Å². The van der Waals surface area contributed by atoms with Gasteiger partial charge in [-0.2, -0.15) is 0 Å². The van der Waals surface area contributed by atoms with Gasteiger partial charge in [-0.1, -0.05) is 19.8 Å². The number of pyridine rings is 1. The Labute approximate surface area is 150 Å². The third kappa shape index (κ3) is 4.84. The number of aromatic nitrogens is 1. The van der Waals surface area contributed by atoms with E-state index in [9.17, 15) is 9.90 Å². The monoisotopic (exact) mass is 346 g/mol. The lowest BCUT2D eigenvalue weighted by Gasteiger charge is -2.34. The summed E-state index contributed by atoms with van der Waals surface area (Å²) in [6, 6.07) is 3.94. The van der Waals surface area contributed by atoms with E-state index in [1.807, 2.05) is 19.2 Å². The van der Waals surface area contributed by atoms with E-state index in [0.29, 0.717) is 19.6 Å². The lowest BCUT2D eigenvalue weighted by Crippen LogP contribution is -2.49. The van der Waals surface area contributed by atoms with E-state index in [0.717, 1.165) is 30.9 Å². The predicted molar refractivity (Wildman–Crippen MR) is 98.5 cm³/mol. The van der Waals surface area contributed by atoms with Crippen LogP contribution in [0, 0.1) is 5.92 Å². The van der Waals surface area contributed by atoms with Crippen LogP contribution in [-0.2, 0) is 6.54 Å². The number of hydrogen-bond donors (Lipinski definition) is 2. The number of nitrogens with one attached hydrogen (secondary N) is 1. The molecule has 2 amide bonds. The van der Waals surface area contributed by atoms with E-state index in [1.165, 1.54) is 25.7 Å². The summed E-state index contributed by atoms with van der Waals surface area (Å²) in [4.78, 5) is 20.9. The van der Waals surface area contributed by atoms with Crippen molar-refractivity contribution in [2.45, 2.75) is 51.7 Å². The van der Waals surface area contributed by atoms with E-state index < -0.39 is 6.10 Å². The molecule has 6 nitrogen and oxygen atoms in total. The van der Waals surface area contributed by atoms with Crippen molar-refractivity contribution in [3.63, 3.8) is 0 Å². The minimum atomic E-state index is -0.421. The fourth-order valence-corrected chi connectivity index (χ4v) is 3.57. The summed E-state index contributed by atoms with van der Waals surface area (Å²) in [5.74, 6) is 1.27. The molecule has 2 aliphatic rings. The minimum Gasteiger partial charge on any atom is -0.391 e. The first-order valence-corrected chi connectivity index (χ1v) is 9.54. The lowest BCUT2D eigenvalue weighted by molar-refractivity contribution is 0.0435. The van der Waals surface area contributed by atoms with Crippen LogP contribution in [0.1, 0.15) is 44.6 Å². The number of likely N-dealkylation sites (tertiary alicyclic amines) is 1. The van der Waals surface area contributed by atoms with Crippen molar-refractivity contribution >= 4 is 11.8 Å². The normalized spacial score (nSPS) is 24.7. The summed E-state index contributed by atoms with van der Waals surface area (Å²) in [6.07, 6.45) is 7.29. The molecular weight excluding hydrogens is 316 g/mol. The number of carbonyl (C=O) groups excluding carboxylic acids is 1. The average molecular weight is 346 g/mol. The Bertz CT molecular complexity index is 572. The molecule has 2 unspecified atom stereocenters. The summed E-state index contributed by atoms with van der Waals surface area (Å²) in [7, 11) is 0. The molecular formula is C19H30N4O2. The van der Waals surface area contributed by atoms with Crippen molar-refractivity contribution in [3.05, 3.63) is 23.9 Å². The zero-order valence-corrected chi connectivity index (χ0v) is 15.2. The third-order valence-corrected chi connectivity index (χ3v) is 5.39. The molecule has 0 saturated carbocycles. The van der Waals surface area contributed by atoms with Crippen molar-refractivity contribution < 1.29 is 9.90 Å². The van der Waals surface area contributed by atoms with E-state index in [2.05, 4.69) is 21.3 Å². The molecule has 0 spiro atoms. The van der Waals surface area contributed by atoms with Crippen LogP contribution in [0.25, 0.3) is 0 Å².